The lowest BCUT2D eigenvalue weighted by molar-refractivity contribution is -0.137. The highest BCUT2D eigenvalue weighted by atomic mass is 32.2. The first-order valence-electron chi connectivity index (χ1n) is 11.1. The smallest absolute Gasteiger partial charge is 0.263 e. The van der Waals surface area contributed by atoms with Crippen LogP contribution in [0.15, 0.2) is 77.8 Å². The van der Waals surface area contributed by atoms with Crippen molar-refractivity contribution in [3.63, 3.8) is 0 Å². The van der Waals surface area contributed by atoms with Crippen LogP contribution in [0.5, 0.6) is 0 Å². The van der Waals surface area contributed by atoms with Crippen molar-refractivity contribution in [1.29, 1.82) is 0 Å². The van der Waals surface area contributed by atoms with E-state index in [1.807, 2.05) is 0 Å². The first-order chi connectivity index (χ1) is 17.5. The van der Waals surface area contributed by atoms with Gasteiger partial charge >= 0.3 is 6.18 Å². The van der Waals surface area contributed by atoms with E-state index < -0.39 is 33.7 Å². The zero-order chi connectivity index (χ0) is 26.4. The molecule has 4 aromatic rings. The fraction of sp³-hybridized carbons (Fsp3) is 0.154. The van der Waals surface area contributed by atoms with Gasteiger partial charge in [-0.05, 0) is 83.6 Å². The van der Waals surface area contributed by atoms with Crippen LogP contribution in [0.25, 0.3) is 11.1 Å². The molecule has 0 radical (unpaired) electrons. The Labute approximate surface area is 209 Å². The lowest BCUT2D eigenvalue weighted by atomic mass is 9.86. The monoisotopic (exact) mass is 531 g/mol. The number of anilines is 1. The van der Waals surface area contributed by atoms with Crippen LogP contribution in [0.1, 0.15) is 34.6 Å². The third-order valence-corrected chi connectivity index (χ3v) is 7.60. The molecule has 1 aliphatic carbocycles. The first-order valence-corrected chi connectivity index (χ1v) is 12.6. The van der Waals surface area contributed by atoms with Gasteiger partial charge in [-0.1, -0.05) is 18.2 Å². The summed E-state index contributed by atoms with van der Waals surface area (Å²) in [4.78, 5) is 7.05. The summed E-state index contributed by atoms with van der Waals surface area (Å²) in [5.74, 6) is -2.06. The van der Waals surface area contributed by atoms with E-state index in [0.29, 0.717) is 24.0 Å². The van der Waals surface area contributed by atoms with E-state index in [4.69, 9.17) is 0 Å². The molecule has 1 N–H and O–H groups in total. The molecule has 5 nitrogen and oxygen atoms in total. The number of hydrogen-bond acceptors (Lipinski definition) is 4. The van der Waals surface area contributed by atoms with Gasteiger partial charge < -0.3 is 0 Å². The summed E-state index contributed by atoms with van der Waals surface area (Å²) in [6.07, 6.45) is -2.36. The summed E-state index contributed by atoms with van der Waals surface area (Å²) in [6, 6.07) is 14.1. The van der Waals surface area contributed by atoms with Gasteiger partial charge in [-0.3, -0.25) is 4.72 Å². The van der Waals surface area contributed by atoms with E-state index in [-0.39, 0.29) is 22.2 Å². The van der Waals surface area contributed by atoms with Gasteiger partial charge in [-0.25, -0.2) is 18.4 Å². The number of alkyl halides is 3. The molecule has 190 valence electrons. The van der Waals surface area contributed by atoms with Gasteiger partial charge in [0.15, 0.2) is 0 Å². The highest BCUT2D eigenvalue weighted by Gasteiger charge is 2.33. The molecular weight excluding hydrogens is 513 g/mol. The third kappa shape index (κ3) is 5.04. The molecule has 0 amide bonds. The van der Waals surface area contributed by atoms with Crippen LogP contribution in [0.4, 0.5) is 27.8 Å². The Morgan fingerprint density at radius 3 is 2.38 bits per heavy atom. The van der Waals surface area contributed by atoms with E-state index in [1.54, 1.807) is 6.07 Å². The maximum absolute atomic E-state index is 13.5. The molecule has 2 heterocycles. The number of nitrogens with one attached hydrogen (secondary N) is 1. The van der Waals surface area contributed by atoms with Crippen LogP contribution in [0.3, 0.4) is 0 Å². The van der Waals surface area contributed by atoms with Crippen LogP contribution in [-0.4, -0.2) is 18.4 Å². The number of fused-ring (bicyclic) bond motifs is 1. The largest absolute Gasteiger partial charge is 0.416 e. The summed E-state index contributed by atoms with van der Waals surface area (Å²) >= 11 is 0. The lowest BCUT2D eigenvalue weighted by Crippen LogP contribution is -2.14. The third-order valence-electron chi connectivity index (χ3n) is 6.25. The quantitative estimate of drug-likeness (QED) is 0.242. The fourth-order valence-electron chi connectivity index (χ4n) is 4.57. The number of aromatic nitrogens is 2. The number of rotatable bonds is 5. The zero-order valence-electron chi connectivity index (χ0n) is 18.9. The average Bonchev–Trinajstić information content (AvgIpc) is 3.27. The molecule has 0 fully saturated rings. The predicted molar refractivity (Wildman–Crippen MR) is 126 cm³/mol. The first kappa shape index (κ1) is 24.8. The molecule has 1 atom stereocenters. The van der Waals surface area contributed by atoms with Gasteiger partial charge in [0.05, 0.1) is 10.5 Å². The van der Waals surface area contributed by atoms with Crippen LogP contribution in [0, 0.1) is 11.9 Å². The van der Waals surface area contributed by atoms with E-state index >= 15 is 0 Å². The Morgan fingerprint density at radius 1 is 0.892 bits per heavy atom. The molecule has 0 saturated carbocycles. The van der Waals surface area contributed by atoms with Crippen molar-refractivity contribution >= 4 is 15.8 Å². The van der Waals surface area contributed by atoms with Crippen LogP contribution < -0.4 is 4.72 Å². The molecule has 11 heteroatoms. The minimum absolute atomic E-state index is 0.0478. The number of sulfonamides is 1. The standard InChI is InChI=1S/C26H18F5N3O2S/c27-23-11-5-16(14-32-23)22-13-17(26(29,30)31)6-9-21(22)20-8-4-15-12-18(7-10-19(15)20)37(35,36)34-25-3-1-2-24(28)33-25/h1-3,5-7,9-14,20H,4,8H2,(H,33,34)/t20-/m0/s1. The Bertz CT molecular complexity index is 1590. The summed E-state index contributed by atoms with van der Waals surface area (Å²) in [6.45, 7) is 0. The topological polar surface area (TPSA) is 72.0 Å². The molecule has 5 rings (SSSR count). The van der Waals surface area contributed by atoms with Crippen LogP contribution in [0.2, 0.25) is 0 Å². The van der Waals surface area contributed by atoms with Gasteiger partial charge in [-0.15, -0.1) is 0 Å². The minimum Gasteiger partial charge on any atom is -0.263 e. The SMILES string of the molecule is O=S(=O)(Nc1cccc(F)n1)c1ccc2c(c1)CC[C@@H]2c1ccc(C(F)(F)F)cc1-c1ccc(F)nc1. The average molecular weight is 532 g/mol. The van der Waals surface area contributed by atoms with E-state index in [0.717, 1.165) is 35.4 Å². The normalized spacial score (nSPS) is 15.4. The predicted octanol–water partition coefficient (Wildman–Crippen LogP) is 6.32. The number of benzene rings is 2. The summed E-state index contributed by atoms with van der Waals surface area (Å²) < 4.78 is 95.1. The molecule has 0 saturated heterocycles. The molecule has 0 bridgehead atoms. The van der Waals surface area contributed by atoms with Gasteiger partial charge in [0.2, 0.25) is 11.9 Å². The second-order valence-electron chi connectivity index (χ2n) is 8.57. The second-order valence-corrected chi connectivity index (χ2v) is 10.3. The van der Waals surface area contributed by atoms with Crippen molar-refractivity contribution in [3.8, 4) is 11.1 Å². The number of aryl methyl sites for hydroxylation is 1. The molecule has 0 spiro atoms. The zero-order valence-corrected chi connectivity index (χ0v) is 19.7. The van der Waals surface area contributed by atoms with Crippen LogP contribution >= 0.6 is 0 Å². The van der Waals surface area contributed by atoms with Crippen molar-refractivity contribution in [3.05, 3.63) is 107 Å². The van der Waals surface area contributed by atoms with Crippen molar-refractivity contribution < 1.29 is 30.4 Å². The molecule has 37 heavy (non-hydrogen) atoms. The Hall–Kier alpha value is -3.86. The van der Waals surface area contributed by atoms with Crippen molar-refractivity contribution in [2.24, 2.45) is 0 Å². The Kier molecular flexibility index (Phi) is 6.18. The highest BCUT2D eigenvalue weighted by molar-refractivity contribution is 7.92. The molecular formula is C26H18F5N3O2S. The van der Waals surface area contributed by atoms with Crippen molar-refractivity contribution in [2.75, 3.05) is 4.72 Å². The summed E-state index contributed by atoms with van der Waals surface area (Å²) in [5.41, 5.74) is 1.87. The minimum atomic E-state index is -4.57. The Balaban J connectivity index is 1.52. The van der Waals surface area contributed by atoms with Gasteiger partial charge in [0.1, 0.15) is 5.82 Å². The molecule has 2 aromatic carbocycles. The molecule has 2 aromatic heterocycles. The number of hydrogen-bond donors (Lipinski definition) is 1. The maximum atomic E-state index is 13.5. The van der Waals surface area contributed by atoms with Gasteiger partial charge in [-0.2, -0.15) is 22.0 Å². The molecule has 0 unspecified atom stereocenters. The Morgan fingerprint density at radius 2 is 1.68 bits per heavy atom. The lowest BCUT2D eigenvalue weighted by Gasteiger charge is -2.19. The number of halogens is 5. The van der Waals surface area contributed by atoms with Crippen molar-refractivity contribution in [2.45, 2.75) is 29.8 Å². The van der Waals surface area contributed by atoms with E-state index in [2.05, 4.69) is 14.7 Å². The highest BCUT2D eigenvalue weighted by Crippen LogP contribution is 2.44. The van der Waals surface area contributed by atoms with Crippen LogP contribution in [-0.2, 0) is 22.6 Å². The number of nitrogens with zero attached hydrogens (tertiary/aromatic N) is 2. The summed E-state index contributed by atoms with van der Waals surface area (Å²) in [5, 5.41) is 0. The number of pyridine rings is 2. The fourth-order valence-corrected chi connectivity index (χ4v) is 5.62. The van der Waals surface area contributed by atoms with Crippen molar-refractivity contribution in [1.82, 2.24) is 9.97 Å². The van der Waals surface area contributed by atoms with E-state index in [9.17, 15) is 30.4 Å². The van der Waals surface area contributed by atoms with E-state index in [1.165, 1.54) is 42.6 Å². The maximum Gasteiger partial charge on any atom is 0.416 e. The molecule has 0 aliphatic heterocycles. The van der Waals surface area contributed by atoms with Gasteiger partial charge in [0, 0.05) is 17.7 Å². The molecule has 1 aliphatic rings. The second kappa shape index (κ2) is 9.22. The van der Waals surface area contributed by atoms with Gasteiger partial charge in [0.25, 0.3) is 10.0 Å². The summed E-state index contributed by atoms with van der Waals surface area (Å²) in [7, 11) is -4.06.